The number of anilines is 1. The van der Waals surface area contributed by atoms with E-state index in [-0.39, 0.29) is 11.6 Å². The minimum Gasteiger partial charge on any atom is -0.381 e. The molecular formula is C13H21BrN4O. The van der Waals surface area contributed by atoms with Crippen LogP contribution in [0.4, 0.5) is 5.69 Å². The standard InChI is InChI=1S/C13H21BrN4O/c1-2-3-6-18-13(19)12(14)11(8-17-18)16-7-10(15)9-4-5-9/h8-10,16H,2-7,15H2,1H3. The summed E-state index contributed by atoms with van der Waals surface area (Å²) in [4.78, 5) is 12.1. The van der Waals surface area contributed by atoms with Crippen molar-refractivity contribution in [3.8, 4) is 0 Å². The number of unbranched alkanes of at least 4 members (excludes halogenated alkanes) is 1. The molecule has 0 amide bonds. The Morgan fingerprint density at radius 1 is 1.63 bits per heavy atom. The average molecular weight is 329 g/mol. The molecule has 1 aromatic rings. The zero-order valence-electron chi connectivity index (χ0n) is 11.2. The molecule has 1 aliphatic rings. The molecular weight excluding hydrogens is 308 g/mol. The van der Waals surface area contributed by atoms with Crippen LogP contribution in [0.1, 0.15) is 32.6 Å². The van der Waals surface area contributed by atoms with E-state index < -0.39 is 0 Å². The molecule has 1 aromatic heterocycles. The molecule has 0 aliphatic heterocycles. The lowest BCUT2D eigenvalue weighted by Gasteiger charge is -2.14. The fraction of sp³-hybridized carbons (Fsp3) is 0.692. The molecule has 0 bridgehead atoms. The highest BCUT2D eigenvalue weighted by Crippen LogP contribution is 2.31. The van der Waals surface area contributed by atoms with Crippen molar-refractivity contribution in [2.24, 2.45) is 11.7 Å². The molecule has 0 saturated heterocycles. The van der Waals surface area contributed by atoms with Crippen molar-refractivity contribution in [2.45, 2.75) is 45.2 Å². The number of hydrogen-bond acceptors (Lipinski definition) is 4. The van der Waals surface area contributed by atoms with Crippen molar-refractivity contribution in [2.75, 3.05) is 11.9 Å². The predicted molar refractivity (Wildman–Crippen MR) is 80.3 cm³/mol. The highest BCUT2D eigenvalue weighted by atomic mass is 79.9. The SMILES string of the molecule is CCCCn1ncc(NCC(N)C2CC2)c(Br)c1=O. The van der Waals surface area contributed by atoms with Gasteiger partial charge in [0.2, 0.25) is 0 Å². The van der Waals surface area contributed by atoms with Crippen LogP contribution in [-0.2, 0) is 6.54 Å². The van der Waals surface area contributed by atoms with E-state index in [0.717, 1.165) is 18.5 Å². The lowest BCUT2D eigenvalue weighted by atomic mass is 10.2. The van der Waals surface area contributed by atoms with Crippen molar-refractivity contribution >= 4 is 21.6 Å². The van der Waals surface area contributed by atoms with E-state index in [1.165, 1.54) is 17.5 Å². The van der Waals surface area contributed by atoms with Crippen LogP contribution in [0, 0.1) is 5.92 Å². The number of rotatable bonds is 7. The quantitative estimate of drug-likeness (QED) is 0.802. The summed E-state index contributed by atoms with van der Waals surface area (Å²) in [7, 11) is 0. The first-order chi connectivity index (χ1) is 9.13. The van der Waals surface area contributed by atoms with Crippen LogP contribution in [0.15, 0.2) is 15.5 Å². The van der Waals surface area contributed by atoms with Crippen molar-refractivity contribution < 1.29 is 0 Å². The van der Waals surface area contributed by atoms with Crippen molar-refractivity contribution in [1.29, 1.82) is 0 Å². The van der Waals surface area contributed by atoms with Crippen LogP contribution < -0.4 is 16.6 Å². The smallest absolute Gasteiger partial charge is 0.283 e. The molecule has 1 aliphatic carbocycles. The fourth-order valence-corrected chi connectivity index (χ4v) is 2.42. The maximum atomic E-state index is 12.1. The first kappa shape index (κ1) is 14.5. The van der Waals surface area contributed by atoms with Gasteiger partial charge in [-0.2, -0.15) is 5.10 Å². The third-order valence-electron chi connectivity index (χ3n) is 3.46. The van der Waals surface area contributed by atoms with Crippen LogP contribution >= 0.6 is 15.9 Å². The first-order valence-corrected chi connectivity index (χ1v) is 7.67. The molecule has 1 heterocycles. The number of nitrogens with one attached hydrogen (secondary N) is 1. The number of nitrogens with zero attached hydrogens (tertiary/aromatic N) is 2. The van der Waals surface area contributed by atoms with E-state index in [2.05, 4.69) is 33.3 Å². The van der Waals surface area contributed by atoms with Crippen LogP contribution in [0.25, 0.3) is 0 Å². The van der Waals surface area contributed by atoms with Crippen molar-refractivity contribution in [3.05, 3.63) is 21.0 Å². The Hall–Kier alpha value is -0.880. The summed E-state index contributed by atoms with van der Waals surface area (Å²) in [6.45, 7) is 3.44. The van der Waals surface area contributed by atoms with Crippen LogP contribution in [0.3, 0.4) is 0 Å². The predicted octanol–water partition coefficient (Wildman–Crippen LogP) is 1.96. The van der Waals surface area contributed by atoms with Gasteiger partial charge in [-0.3, -0.25) is 4.79 Å². The second kappa shape index (κ2) is 6.52. The number of aromatic nitrogens is 2. The molecule has 3 N–H and O–H groups in total. The summed E-state index contributed by atoms with van der Waals surface area (Å²) < 4.78 is 2.04. The summed E-state index contributed by atoms with van der Waals surface area (Å²) >= 11 is 3.35. The van der Waals surface area contributed by atoms with Crippen LogP contribution in [0.2, 0.25) is 0 Å². The molecule has 19 heavy (non-hydrogen) atoms. The van der Waals surface area contributed by atoms with Gasteiger partial charge >= 0.3 is 0 Å². The van der Waals surface area contributed by atoms with E-state index in [0.29, 0.717) is 23.5 Å². The number of hydrogen-bond donors (Lipinski definition) is 2. The lowest BCUT2D eigenvalue weighted by Crippen LogP contribution is -2.32. The van der Waals surface area contributed by atoms with E-state index in [1.807, 2.05) is 0 Å². The minimum atomic E-state index is -0.0848. The molecule has 6 heteroatoms. The average Bonchev–Trinajstić information content (AvgIpc) is 3.23. The maximum absolute atomic E-state index is 12.1. The third kappa shape index (κ3) is 3.79. The Bertz CT molecular complexity index is 484. The van der Waals surface area contributed by atoms with Crippen molar-refractivity contribution in [1.82, 2.24) is 9.78 Å². The zero-order valence-corrected chi connectivity index (χ0v) is 12.8. The van der Waals surface area contributed by atoms with Crippen molar-refractivity contribution in [3.63, 3.8) is 0 Å². The summed E-state index contributed by atoms with van der Waals surface area (Å²) in [6.07, 6.45) is 6.14. The summed E-state index contributed by atoms with van der Waals surface area (Å²) in [5.41, 5.74) is 6.67. The monoisotopic (exact) mass is 328 g/mol. The normalized spacial score (nSPS) is 16.4. The highest BCUT2D eigenvalue weighted by Gasteiger charge is 2.28. The largest absolute Gasteiger partial charge is 0.381 e. The Morgan fingerprint density at radius 2 is 2.37 bits per heavy atom. The van der Waals surface area contributed by atoms with Crippen LogP contribution in [-0.4, -0.2) is 22.4 Å². The summed E-state index contributed by atoms with van der Waals surface area (Å²) in [6, 6.07) is 0.162. The second-order valence-electron chi connectivity index (χ2n) is 5.14. The van der Waals surface area contributed by atoms with Gasteiger partial charge in [0.25, 0.3) is 5.56 Å². The molecule has 0 spiro atoms. The van der Waals surface area contributed by atoms with Gasteiger partial charge < -0.3 is 11.1 Å². The van der Waals surface area contributed by atoms with Gasteiger partial charge in [0.15, 0.2) is 0 Å². The molecule has 1 saturated carbocycles. The van der Waals surface area contributed by atoms with Gasteiger partial charge in [-0.25, -0.2) is 4.68 Å². The van der Waals surface area contributed by atoms with E-state index in [9.17, 15) is 4.79 Å². The Labute approximate surface area is 121 Å². The lowest BCUT2D eigenvalue weighted by molar-refractivity contribution is 0.540. The first-order valence-electron chi connectivity index (χ1n) is 6.88. The Balaban J connectivity index is 2.00. The number of halogens is 1. The maximum Gasteiger partial charge on any atom is 0.283 e. The molecule has 0 aromatic carbocycles. The van der Waals surface area contributed by atoms with Gasteiger partial charge in [-0.15, -0.1) is 0 Å². The summed E-state index contributed by atoms with van der Waals surface area (Å²) in [5.74, 6) is 0.643. The minimum absolute atomic E-state index is 0.0848. The Morgan fingerprint density at radius 3 is 3.00 bits per heavy atom. The topological polar surface area (TPSA) is 72.9 Å². The van der Waals surface area contributed by atoms with E-state index in [4.69, 9.17) is 5.73 Å². The molecule has 1 atom stereocenters. The third-order valence-corrected chi connectivity index (χ3v) is 4.23. The van der Waals surface area contributed by atoms with E-state index in [1.54, 1.807) is 6.20 Å². The number of nitrogens with two attached hydrogens (primary N) is 1. The zero-order chi connectivity index (χ0) is 13.8. The Kier molecular flexibility index (Phi) is 4.99. The van der Waals surface area contributed by atoms with E-state index >= 15 is 0 Å². The molecule has 1 unspecified atom stereocenters. The molecule has 1 fully saturated rings. The van der Waals surface area contributed by atoms with Gasteiger partial charge in [0, 0.05) is 19.1 Å². The van der Waals surface area contributed by atoms with Gasteiger partial charge in [-0.05, 0) is 41.1 Å². The fourth-order valence-electron chi connectivity index (χ4n) is 1.97. The highest BCUT2D eigenvalue weighted by molar-refractivity contribution is 9.10. The molecule has 106 valence electrons. The van der Waals surface area contributed by atoms with Crippen LogP contribution in [0.5, 0.6) is 0 Å². The number of aryl methyl sites for hydroxylation is 1. The van der Waals surface area contributed by atoms with Gasteiger partial charge in [0.05, 0.1) is 11.9 Å². The molecule has 2 rings (SSSR count). The van der Waals surface area contributed by atoms with Gasteiger partial charge in [-0.1, -0.05) is 13.3 Å². The summed E-state index contributed by atoms with van der Waals surface area (Å²) in [5, 5.41) is 7.40. The second-order valence-corrected chi connectivity index (χ2v) is 5.93. The molecule has 5 nitrogen and oxygen atoms in total. The molecule has 0 radical (unpaired) electrons. The van der Waals surface area contributed by atoms with Gasteiger partial charge in [0.1, 0.15) is 4.47 Å².